The van der Waals surface area contributed by atoms with Crippen molar-refractivity contribution in [2.45, 2.75) is 26.7 Å². The molecule has 0 amide bonds. The molecule has 0 aromatic carbocycles. The van der Waals surface area contributed by atoms with E-state index in [1.54, 1.807) is 0 Å². The first-order valence-corrected chi connectivity index (χ1v) is 4.71. The van der Waals surface area contributed by atoms with E-state index in [0.717, 1.165) is 20.0 Å². The molecule has 0 bridgehead atoms. The van der Waals surface area contributed by atoms with Gasteiger partial charge >= 0.3 is 26.2 Å². The van der Waals surface area contributed by atoms with Gasteiger partial charge in [-0.25, -0.2) is 23.3 Å². The number of allylic oxidation sites excluding steroid dienone is 8. The molecule has 0 aromatic rings. The van der Waals surface area contributed by atoms with Gasteiger partial charge in [0.2, 0.25) is 0 Å². The first-order chi connectivity index (χ1) is 6.79. The van der Waals surface area contributed by atoms with Crippen LogP contribution >= 0.6 is 0 Å². The van der Waals surface area contributed by atoms with Crippen molar-refractivity contribution in [3.63, 3.8) is 0 Å². The summed E-state index contributed by atoms with van der Waals surface area (Å²) in [6.07, 6.45) is 16.7. The summed E-state index contributed by atoms with van der Waals surface area (Å²) < 4.78 is 0. The summed E-state index contributed by atoms with van der Waals surface area (Å²) in [7, 11) is 1.00. The summed E-state index contributed by atoms with van der Waals surface area (Å²) in [6, 6.07) is 0. The molecule has 1 N–H and O–H groups in total. The van der Waals surface area contributed by atoms with Gasteiger partial charge in [0.25, 0.3) is 0 Å². The molecular weight excluding hydrogens is 299 g/mol. The minimum absolute atomic E-state index is 0. The van der Waals surface area contributed by atoms with Gasteiger partial charge in [0, 0.05) is 7.11 Å². The van der Waals surface area contributed by atoms with E-state index in [-0.39, 0.29) is 38.6 Å². The van der Waals surface area contributed by atoms with E-state index in [0.29, 0.717) is 0 Å². The topological polar surface area (TPSA) is 20.2 Å². The van der Waals surface area contributed by atoms with Crippen molar-refractivity contribution in [3.8, 4) is 0 Å². The van der Waals surface area contributed by atoms with Gasteiger partial charge in [0.1, 0.15) is 0 Å². The number of halogens is 1. The number of aliphatic hydroxyl groups excluding tert-OH is 1. The zero-order valence-electron chi connectivity index (χ0n) is 10.0. The minimum Gasteiger partial charge on any atom is -1.00 e. The van der Waals surface area contributed by atoms with Crippen molar-refractivity contribution in [3.05, 3.63) is 47.6 Å². The van der Waals surface area contributed by atoms with Gasteiger partial charge in [-0.1, -0.05) is 13.8 Å². The Balaban J connectivity index is -0.000000165. The average Bonchev–Trinajstić information content (AvgIpc) is 2.83. The van der Waals surface area contributed by atoms with Gasteiger partial charge < -0.3 is 17.5 Å². The van der Waals surface area contributed by atoms with Crippen LogP contribution in [0.2, 0.25) is 0 Å². The smallest absolute Gasteiger partial charge is 1.00 e. The number of hydrogen-bond acceptors (Lipinski definition) is 1. The van der Waals surface area contributed by atoms with Gasteiger partial charge in [-0.3, -0.25) is 12.2 Å². The first-order valence-electron chi connectivity index (χ1n) is 4.71. The van der Waals surface area contributed by atoms with Gasteiger partial charge in [-0.2, -0.15) is 12.2 Å². The molecule has 2 aliphatic rings. The van der Waals surface area contributed by atoms with E-state index in [4.69, 9.17) is 5.11 Å². The van der Waals surface area contributed by atoms with E-state index in [2.05, 4.69) is 50.3 Å². The number of hydrogen-bond donors (Lipinski definition) is 1. The average molecular weight is 317 g/mol. The van der Waals surface area contributed by atoms with Gasteiger partial charge in [0.05, 0.1) is 0 Å². The molecule has 0 aromatic heterocycles. The Kier molecular flexibility index (Phi) is 20.2. The fourth-order valence-corrected chi connectivity index (χ4v) is 1.03. The van der Waals surface area contributed by atoms with Gasteiger partial charge in [-0.15, -0.1) is 12.8 Å². The molecule has 1 nitrogen and oxygen atoms in total. The third-order valence-corrected chi connectivity index (χ3v) is 1.73. The maximum Gasteiger partial charge on any atom is 3.00 e. The Bertz CT molecular complexity index is 232. The molecule has 0 unspecified atom stereocenters. The summed E-state index contributed by atoms with van der Waals surface area (Å²) in [5.41, 5.74) is 2.55. The fraction of sp³-hybridized carbons (Fsp3) is 0.385. The van der Waals surface area contributed by atoms with Crippen LogP contribution in [-0.4, -0.2) is 12.2 Å². The Morgan fingerprint density at radius 1 is 0.938 bits per heavy atom. The molecule has 0 fully saturated rings. The van der Waals surface area contributed by atoms with Crippen molar-refractivity contribution in [1.82, 2.24) is 0 Å². The standard InChI is InChI=1S/2C6H7.CH4O.ClH.Zr/c2*1-6-4-2-3-5-6;1-2;;/h2*2,4H,3H2,1H3;2H,1H3;1H;/q2*-1;;;+3/p-1. The molecule has 87 valence electrons. The molecule has 2 aliphatic carbocycles. The quantitative estimate of drug-likeness (QED) is 0.624. The van der Waals surface area contributed by atoms with E-state index in [1.807, 2.05) is 0 Å². The fourth-order valence-electron chi connectivity index (χ4n) is 1.03. The molecule has 1 radical (unpaired) electrons. The molecule has 0 heterocycles. The predicted molar refractivity (Wildman–Crippen MR) is 60.5 cm³/mol. The van der Waals surface area contributed by atoms with Crippen molar-refractivity contribution in [2.75, 3.05) is 7.11 Å². The SMILES string of the molecule is CC1=[C-]CC=C1.CC1=[C-]CC=C1.CO.[Cl-].[Zr+3]. The minimum atomic E-state index is 0. The Hall–Kier alpha value is 0.0931. The van der Waals surface area contributed by atoms with Crippen LogP contribution in [0.1, 0.15) is 26.7 Å². The van der Waals surface area contributed by atoms with Gasteiger partial charge in [-0.05, 0) is 0 Å². The Morgan fingerprint density at radius 3 is 1.31 bits per heavy atom. The number of aliphatic hydroxyl groups is 1. The second-order valence-corrected chi connectivity index (χ2v) is 2.93. The predicted octanol–water partition coefficient (Wildman–Crippen LogP) is 0.00158. The van der Waals surface area contributed by atoms with Crippen molar-refractivity contribution >= 4 is 0 Å². The van der Waals surface area contributed by atoms with Crippen molar-refractivity contribution < 1.29 is 43.7 Å². The monoisotopic (exact) mass is 315 g/mol. The van der Waals surface area contributed by atoms with E-state index in [9.17, 15) is 0 Å². The second-order valence-electron chi connectivity index (χ2n) is 2.93. The molecule has 16 heavy (non-hydrogen) atoms. The van der Waals surface area contributed by atoms with E-state index >= 15 is 0 Å². The van der Waals surface area contributed by atoms with Crippen LogP contribution in [0, 0.1) is 12.2 Å². The molecule has 0 spiro atoms. The molecule has 0 saturated heterocycles. The second kappa shape index (κ2) is 15.1. The molecule has 0 saturated carbocycles. The molecule has 0 aliphatic heterocycles. The largest absolute Gasteiger partial charge is 3.00 e. The van der Waals surface area contributed by atoms with Gasteiger partial charge in [0.15, 0.2) is 0 Å². The number of rotatable bonds is 0. The summed E-state index contributed by atoms with van der Waals surface area (Å²) in [5.74, 6) is 0. The van der Waals surface area contributed by atoms with Crippen LogP contribution in [0.15, 0.2) is 35.5 Å². The molecule has 0 atom stereocenters. The van der Waals surface area contributed by atoms with Crippen LogP contribution in [0.5, 0.6) is 0 Å². The van der Waals surface area contributed by atoms with Crippen LogP contribution < -0.4 is 12.4 Å². The van der Waals surface area contributed by atoms with Crippen LogP contribution in [0.3, 0.4) is 0 Å². The molecular formula is C13H18ClOZr. The van der Waals surface area contributed by atoms with Crippen LogP contribution in [-0.2, 0) is 26.2 Å². The summed E-state index contributed by atoms with van der Waals surface area (Å²) in [4.78, 5) is 0. The zero-order valence-corrected chi connectivity index (χ0v) is 13.3. The van der Waals surface area contributed by atoms with Crippen molar-refractivity contribution in [2.24, 2.45) is 0 Å². The van der Waals surface area contributed by atoms with Crippen molar-refractivity contribution in [1.29, 1.82) is 0 Å². The van der Waals surface area contributed by atoms with E-state index in [1.165, 1.54) is 11.1 Å². The van der Waals surface area contributed by atoms with E-state index < -0.39 is 0 Å². The summed E-state index contributed by atoms with van der Waals surface area (Å²) in [6.45, 7) is 4.12. The Labute approximate surface area is 125 Å². The normalized spacial score (nSPS) is 14.2. The zero-order chi connectivity index (χ0) is 10.8. The summed E-state index contributed by atoms with van der Waals surface area (Å²) in [5, 5.41) is 7.00. The molecule has 3 heteroatoms. The third-order valence-electron chi connectivity index (χ3n) is 1.73. The van der Waals surface area contributed by atoms with Crippen LogP contribution in [0.4, 0.5) is 0 Å². The maximum atomic E-state index is 7.00. The summed E-state index contributed by atoms with van der Waals surface area (Å²) >= 11 is 0. The van der Waals surface area contributed by atoms with Crippen LogP contribution in [0.25, 0.3) is 0 Å². The molecule has 2 rings (SSSR count). The first kappa shape index (κ1) is 21.4. The maximum absolute atomic E-state index is 7.00. The Morgan fingerprint density at radius 2 is 1.25 bits per heavy atom. The third kappa shape index (κ3) is 12.2.